The van der Waals surface area contributed by atoms with Crippen molar-refractivity contribution in [3.05, 3.63) is 29.8 Å². The predicted octanol–water partition coefficient (Wildman–Crippen LogP) is 2.26. The van der Waals surface area contributed by atoms with Gasteiger partial charge in [0.2, 0.25) is 0 Å². The molecule has 1 aromatic carbocycles. The van der Waals surface area contributed by atoms with Gasteiger partial charge in [-0.2, -0.15) is 0 Å². The van der Waals surface area contributed by atoms with Gasteiger partial charge in [-0.3, -0.25) is 4.94 Å². The van der Waals surface area contributed by atoms with Gasteiger partial charge in [-0.05, 0) is 19.1 Å². The highest BCUT2D eigenvalue weighted by molar-refractivity contribution is 5.25. The molecule has 0 aliphatic rings. The fourth-order valence-corrected chi connectivity index (χ4v) is 0.590. The standard InChI is InChI=1S/C7H7FO/c1-6-2-4-7(9-8)5-3-6/h2-5H,1H3. The first-order valence-corrected chi connectivity index (χ1v) is 2.68. The Labute approximate surface area is 53.0 Å². The molecule has 0 unspecified atom stereocenters. The summed E-state index contributed by atoms with van der Waals surface area (Å²) in [5.74, 6) is 0.251. The predicted molar refractivity (Wildman–Crippen MR) is 32.9 cm³/mol. The second-order valence-electron chi connectivity index (χ2n) is 1.89. The number of hydrogen-bond acceptors (Lipinski definition) is 1. The van der Waals surface area contributed by atoms with Gasteiger partial charge in [-0.15, -0.1) is 0 Å². The van der Waals surface area contributed by atoms with Gasteiger partial charge in [0.15, 0.2) is 5.75 Å². The van der Waals surface area contributed by atoms with Crippen LogP contribution in [0.4, 0.5) is 4.53 Å². The highest BCUT2D eigenvalue weighted by atomic mass is 19.3. The van der Waals surface area contributed by atoms with Crippen molar-refractivity contribution in [2.75, 3.05) is 0 Å². The molecular formula is C7H7FO. The van der Waals surface area contributed by atoms with Gasteiger partial charge in [0.05, 0.1) is 0 Å². The molecule has 0 aromatic heterocycles. The summed E-state index contributed by atoms with van der Waals surface area (Å²) in [6.45, 7) is 1.93. The third-order valence-corrected chi connectivity index (χ3v) is 1.11. The average molecular weight is 126 g/mol. The summed E-state index contributed by atoms with van der Waals surface area (Å²) in [5, 5.41) is 0. The van der Waals surface area contributed by atoms with Crippen molar-refractivity contribution in [1.82, 2.24) is 0 Å². The van der Waals surface area contributed by atoms with Crippen LogP contribution in [0.3, 0.4) is 0 Å². The monoisotopic (exact) mass is 126 g/mol. The number of aryl methyl sites for hydroxylation is 1. The van der Waals surface area contributed by atoms with E-state index in [1.165, 1.54) is 0 Å². The zero-order chi connectivity index (χ0) is 6.69. The molecule has 0 bridgehead atoms. The Morgan fingerprint density at radius 2 is 1.78 bits per heavy atom. The van der Waals surface area contributed by atoms with E-state index in [1.807, 2.05) is 6.92 Å². The van der Waals surface area contributed by atoms with Crippen LogP contribution in [0.1, 0.15) is 5.56 Å². The highest BCUT2D eigenvalue weighted by Gasteiger charge is 1.88. The number of hydrogen-bond donors (Lipinski definition) is 0. The lowest BCUT2D eigenvalue weighted by molar-refractivity contribution is -0.00621. The SMILES string of the molecule is Cc1ccc(OF)cc1. The van der Waals surface area contributed by atoms with E-state index in [2.05, 4.69) is 4.94 Å². The van der Waals surface area contributed by atoms with Gasteiger partial charge in [0.25, 0.3) is 0 Å². The largest absolute Gasteiger partial charge is 0.294 e. The molecule has 0 N–H and O–H groups in total. The van der Waals surface area contributed by atoms with Gasteiger partial charge < -0.3 is 0 Å². The molecule has 2 heteroatoms. The van der Waals surface area contributed by atoms with Crippen LogP contribution in [0, 0.1) is 6.92 Å². The third kappa shape index (κ3) is 1.42. The van der Waals surface area contributed by atoms with Gasteiger partial charge in [0.1, 0.15) is 0 Å². The molecule has 0 aliphatic heterocycles. The first kappa shape index (κ1) is 6.08. The summed E-state index contributed by atoms with van der Waals surface area (Å²) in [5.41, 5.74) is 1.09. The summed E-state index contributed by atoms with van der Waals surface area (Å²) < 4.78 is 11.4. The smallest absolute Gasteiger partial charge is 0.171 e. The van der Waals surface area contributed by atoms with Crippen molar-refractivity contribution < 1.29 is 9.47 Å². The number of halogens is 1. The summed E-state index contributed by atoms with van der Waals surface area (Å²) in [6, 6.07) is 6.73. The van der Waals surface area contributed by atoms with Crippen LogP contribution in [-0.4, -0.2) is 0 Å². The molecule has 0 radical (unpaired) electrons. The van der Waals surface area contributed by atoms with Gasteiger partial charge in [-0.25, -0.2) is 0 Å². The lowest BCUT2D eigenvalue weighted by Crippen LogP contribution is -1.75. The molecule has 1 nitrogen and oxygen atoms in total. The normalized spacial score (nSPS) is 9.11. The first-order valence-electron chi connectivity index (χ1n) is 2.68. The fourth-order valence-electron chi connectivity index (χ4n) is 0.590. The Morgan fingerprint density at radius 1 is 1.22 bits per heavy atom. The van der Waals surface area contributed by atoms with E-state index < -0.39 is 0 Å². The molecule has 0 aliphatic carbocycles. The number of rotatable bonds is 1. The van der Waals surface area contributed by atoms with Crippen LogP contribution in [0.15, 0.2) is 24.3 Å². The molecule has 0 heterocycles. The molecule has 0 amide bonds. The summed E-state index contributed by atoms with van der Waals surface area (Å²) in [7, 11) is 0. The Balaban J connectivity index is 2.88. The molecule has 0 saturated carbocycles. The van der Waals surface area contributed by atoms with Crippen molar-refractivity contribution in [2.24, 2.45) is 0 Å². The zero-order valence-electron chi connectivity index (χ0n) is 5.10. The topological polar surface area (TPSA) is 9.23 Å². The van der Waals surface area contributed by atoms with Crippen LogP contribution in [0.2, 0.25) is 0 Å². The van der Waals surface area contributed by atoms with Crippen LogP contribution < -0.4 is 4.94 Å². The Morgan fingerprint density at radius 3 is 2.22 bits per heavy atom. The highest BCUT2D eigenvalue weighted by Crippen LogP contribution is 2.10. The summed E-state index contributed by atoms with van der Waals surface area (Å²) >= 11 is 0. The quantitative estimate of drug-likeness (QED) is 0.560. The molecule has 1 rings (SSSR count). The molecule has 9 heavy (non-hydrogen) atoms. The maximum Gasteiger partial charge on any atom is 0.171 e. The minimum Gasteiger partial charge on any atom is -0.294 e. The first-order chi connectivity index (χ1) is 4.33. The molecular weight excluding hydrogens is 119 g/mol. The van der Waals surface area contributed by atoms with E-state index in [-0.39, 0.29) is 5.75 Å². The van der Waals surface area contributed by atoms with Crippen LogP contribution in [-0.2, 0) is 0 Å². The zero-order valence-corrected chi connectivity index (χ0v) is 5.10. The third-order valence-electron chi connectivity index (χ3n) is 1.11. The lowest BCUT2D eigenvalue weighted by Gasteiger charge is -1.92. The van der Waals surface area contributed by atoms with Gasteiger partial charge in [0, 0.05) is 4.53 Å². The minimum atomic E-state index is 0.251. The van der Waals surface area contributed by atoms with Crippen LogP contribution in [0.25, 0.3) is 0 Å². The van der Waals surface area contributed by atoms with E-state index in [9.17, 15) is 4.53 Å². The molecule has 0 fully saturated rings. The Kier molecular flexibility index (Phi) is 1.68. The van der Waals surface area contributed by atoms with Crippen molar-refractivity contribution in [3.8, 4) is 5.75 Å². The van der Waals surface area contributed by atoms with Crippen molar-refractivity contribution >= 4 is 0 Å². The van der Waals surface area contributed by atoms with E-state index >= 15 is 0 Å². The maximum absolute atomic E-state index is 11.4. The minimum absolute atomic E-state index is 0.251. The van der Waals surface area contributed by atoms with Crippen molar-refractivity contribution in [1.29, 1.82) is 0 Å². The molecule has 0 spiro atoms. The second kappa shape index (κ2) is 2.49. The second-order valence-corrected chi connectivity index (χ2v) is 1.89. The fraction of sp³-hybridized carbons (Fsp3) is 0.143. The molecule has 1 aromatic rings. The van der Waals surface area contributed by atoms with E-state index in [0.717, 1.165) is 5.56 Å². The molecule has 48 valence electrons. The van der Waals surface area contributed by atoms with E-state index in [1.54, 1.807) is 24.3 Å². The summed E-state index contributed by atoms with van der Waals surface area (Å²) in [6.07, 6.45) is 0. The van der Waals surface area contributed by atoms with Crippen molar-refractivity contribution in [2.45, 2.75) is 6.92 Å². The number of benzene rings is 1. The molecule has 0 atom stereocenters. The van der Waals surface area contributed by atoms with Crippen LogP contribution >= 0.6 is 0 Å². The van der Waals surface area contributed by atoms with Gasteiger partial charge in [-0.1, -0.05) is 17.7 Å². The van der Waals surface area contributed by atoms with Crippen LogP contribution in [0.5, 0.6) is 5.75 Å². The lowest BCUT2D eigenvalue weighted by atomic mass is 10.2. The molecule has 0 saturated heterocycles. The van der Waals surface area contributed by atoms with Gasteiger partial charge >= 0.3 is 0 Å². The Hall–Kier alpha value is -1.05. The summed E-state index contributed by atoms with van der Waals surface area (Å²) in [4.78, 5) is 3.47. The van der Waals surface area contributed by atoms with E-state index in [4.69, 9.17) is 0 Å². The average Bonchev–Trinajstić information content (AvgIpc) is 1.90. The van der Waals surface area contributed by atoms with Crippen molar-refractivity contribution in [3.63, 3.8) is 0 Å². The Bertz CT molecular complexity index is 181. The van der Waals surface area contributed by atoms with E-state index in [0.29, 0.717) is 0 Å². The maximum atomic E-state index is 11.4.